The predicted octanol–water partition coefficient (Wildman–Crippen LogP) is 8.98. The number of hydrogen-bond donors (Lipinski definition) is 2. The van der Waals surface area contributed by atoms with Gasteiger partial charge in [-0.05, 0) is 102 Å². The Balaban J connectivity index is 1.18. The fourth-order valence-electron chi connectivity index (χ4n) is 7.78. The molecule has 0 unspecified atom stereocenters. The van der Waals surface area contributed by atoms with Gasteiger partial charge < -0.3 is 10.0 Å². The molecule has 2 aliphatic carbocycles. The Morgan fingerprint density at radius 3 is 1.29 bits per heavy atom. The SMILES string of the molecule is CC1(C)c2cc(B(O)O)ccc2-c2ccc(-c3ccc4c(c3)C(C)(C)c3cc(-c5ccccc5-c5ccccc5)ccc3-4)cc21. The fourth-order valence-corrected chi connectivity index (χ4v) is 7.78. The van der Waals surface area contributed by atoms with Gasteiger partial charge in [0.1, 0.15) is 0 Å². The van der Waals surface area contributed by atoms with E-state index in [9.17, 15) is 10.0 Å². The lowest BCUT2D eigenvalue weighted by molar-refractivity contribution is 0.425. The third kappa shape index (κ3) is 4.19. The maximum Gasteiger partial charge on any atom is 0.488 e. The van der Waals surface area contributed by atoms with Crippen LogP contribution in [0.15, 0.2) is 127 Å². The zero-order valence-electron chi connectivity index (χ0n) is 26.1. The second-order valence-corrected chi connectivity index (χ2v) is 13.6. The van der Waals surface area contributed by atoms with E-state index in [1.165, 1.54) is 72.3 Å². The van der Waals surface area contributed by atoms with Crippen molar-refractivity contribution in [2.24, 2.45) is 0 Å². The average molecular weight is 583 g/mol. The lowest BCUT2D eigenvalue weighted by Crippen LogP contribution is -2.31. The van der Waals surface area contributed by atoms with Gasteiger partial charge in [-0.2, -0.15) is 0 Å². The summed E-state index contributed by atoms with van der Waals surface area (Å²) < 4.78 is 0. The second kappa shape index (κ2) is 9.90. The van der Waals surface area contributed by atoms with E-state index in [0.29, 0.717) is 5.46 Å². The van der Waals surface area contributed by atoms with Crippen LogP contribution in [0.4, 0.5) is 0 Å². The molecule has 8 rings (SSSR count). The quantitative estimate of drug-likeness (QED) is 0.204. The topological polar surface area (TPSA) is 40.5 Å². The van der Waals surface area contributed by atoms with Crippen molar-refractivity contribution < 1.29 is 10.0 Å². The van der Waals surface area contributed by atoms with Crippen LogP contribution in [-0.4, -0.2) is 17.2 Å². The molecule has 2 nitrogen and oxygen atoms in total. The van der Waals surface area contributed by atoms with Gasteiger partial charge in [-0.25, -0.2) is 0 Å². The van der Waals surface area contributed by atoms with Crippen LogP contribution < -0.4 is 5.46 Å². The molecule has 2 N–H and O–H groups in total. The zero-order chi connectivity index (χ0) is 31.1. The Morgan fingerprint density at radius 1 is 0.378 bits per heavy atom. The van der Waals surface area contributed by atoms with Crippen molar-refractivity contribution >= 4 is 12.6 Å². The Hall–Kier alpha value is -4.70. The Morgan fingerprint density at radius 2 is 0.778 bits per heavy atom. The smallest absolute Gasteiger partial charge is 0.423 e. The van der Waals surface area contributed by atoms with Crippen molar-refractivity contribution in [3.8, 4) is 55.6 Å². The van der Waals surface area contributed by atoms with E-state index < -0.39 is 7.12 Å². The van der Waals surface area contributed by atoms with Gasteiger partial charge in [-0.3, -0.25) is 0 Å². The summed E-state index contributed by atoms with van der Waals surface area (Å²) in [6, 6.07) is 45.9. The molecule has 6 aromatic carbocycles. The highest BCUT2D eigenvalue weighted by molar-refractivity contribution is 6.58. The Bertz CT molecular complexity index is 2140. The highest BCUT2D eigenvalue weighted by Gasteiger charge is 2.38. The normalized spacial score (nSPS) is 14.8. The maximum absolute atomic E-state index is 9.81. The molecular weight excluding hydrogens is 547 g/mol. The van der Waals surface area contributed by atoms with Crippen molar-refractivity contribution in [3.63, 3.8) is 0 Å². The van der Waals surface area contributed by atoms with Crippen LogP contribution in [-0.2, 0) is 10.8 Å². The molecular formula is C42H35BO2. The maximum atomic E-state index is 9.81. The minimum Gasteiger partial charge on any atom is -0.423 e. The summed E-state index contributed by atoms with van der Waals surface area (Å²) in [6.07, 6.45) is 0. The molecule has 6 aromatic rings. The summed E-state index contributed by atoms with van der Waals surface area (Å²) in [5.74, 6) is 0. The molecule has 218 valence electrons. The van der Waals surface area contributed by atoms with Gasteiger partial charge in [0.25, 0.3) is 0 Å². The molecule has 0 bridgehead atoms. The summed E-state index contributed by atoms with van der Waals surface area (Å²) in [4.78, 5) is 0. The van der Waals surface area contributed by atoms with Crippen molar-refractivity contribution in [2.45, 2.75) is 38.5 Å². The van der Waals surface area contributed by atoms with Gasteiger partial charge in [0.05, 0.1) is 0 Å². The molecule has 0 saturated carbocycles. The number of rotatable bonds is 4. The third-order valence-corrected chi connectivity index (χ3v) is 10.3. The van der Waals surface area contributed by atoms with Crippen molar-refractivity contribution in [2.75, 3.05) is 0 Å². The first-order valence-corrected chi connectivity index (χ1v) is 15.7. The molecule has 45 heavy (non-hydrogen) atoms. The largest absolute Gasteiger partial charge is 0.488 e. The average Bonchev–Trinajstić information content (AvgIpc) is 3.43. The standard InChI is InChI=1S/C42H35BO2/c1-41(2)37-22-27(28-15-19-34-36-21-17-30(43(44)45)25-40(36)42(3,4)38(34)23-28)14-18-33(37)35-20-16-29(24-39(35)41)32-13-9-8-12-31(32)26-10-6-5-7-11-26/h5-25,44-45H,1-4H3. The van der Waals surface area contributed by atoms with Gasteiger partial charge in [0.2, 0.25) is 0 Å². The molecule has 0 amide bonds. The number of fused-ring (bicyclic) bond motifs is 6. The molecule has 0 spiro atoms. The molecule has 0 aliphatic heterocycles. The second-order valence-electron chi connectivity index (χ2n) is 13.6. The van der Waals surface area contributed by atoms with Crippen LogP contribution in [0.1, 0.15) is 49.9 Å². The lowest BCUT2D eigenvalue weighted by Gasteiger charge is -2.24. The Labute approximate surface area is 265 Å². The minimum atomic E-state index is -1.47. The van der Waals surface area contributed by atoms with E-state index in [-0.39, 0.29) is 10.8 Å². The van der Waals surface area contributed by atoms with Crippen molar-refractivity contribution in [1.29, 1.82) is 0 Å². The summed E-state index contributed by atoms with van der Waals surface area (Å²) in [7, 11) is -1.47. The van der Waals surface area contributed by atoms with Crippen LogP contribution in [0, 0.1) is 0 Å². The fraction of sp³-hybridized carbons (Fsp3) is 0.143. The summed E-state index contributed by atoms with van der Waals surface area (Å²) in [5, 5.41) is 19.6. The lowest BCUT2D eigenvalue weighted by atomic mass is 9.75. The number of benzene rings is 6. The van der Waals surface area contributed by atoms with E-state index >= 15 is 0 Å². The van der Waals surface area contributed by atoms with Gasteiger partial charge in [-0.15, -0.1) is 0 Å². The summed E-state index contributed by atoms with van der Waals surface area (Å²) in [5.41, 5.74) is 17.7. The molecule has 0 aromatic heterocycles. The van der Waals surface area contributed by atoms with Crippen LogP contribution in [0.25, 0.3) is 55.6 Å². The molecule has 2 aliphatic rings. The first-order valence-electron chi connectivity index (χ1n) is 15.7. The monoisotopic (exact) mass is 582 g/mol. The van der Waals surface area contributed by atoms with E-state index in [0.717, 1.165) is 5.56 Å². The molecule has 0 radical (unpaired) electrons. The van der Waals surface area contributed by atoms with Crippen molar-refractivity contribution in [3.05, 3.63) is 150 Å². The van der Waals surface area contributed by atoms with Crippen molar-refractivity contribution in [1.82, 2.24) is 0 Å². The van der Waals surface area contributed by atoms with Crippen LogP contribution in [0.5, 0.6) is 0 Å². The highest BCUT2D eigenvalue weighted by Crippen LogP contribution is 2.52. The molecule has 0 fully saturated rings. The van der Waals surface area contributed by atoms with E-state index in [2.05, 4.69) is 137 Å². The van der Waals surface area contributed by atoms with Crippen LogP contribution >= 0.6 is 0 Å². The van der Waals surface area contributed by atoms with Gasteiger partial charge >= 0.3 is 7.12 Å². The van der Waals surface area contributed by atoms with E-state index in [1.807, 2.05) is 18.2 Å². The molecule has 0 atom stereocenters. The minimum absolute atomic E-state index is 0.147. The van der Waals surface area contributed by atoms with Crippen LogP contribution in [0.3, 0.4) is 0 Å². The summed E-state index contributed by atoms with van der Waals surface area (Å²) >= 11 is 0. The summed E-state index contributed by atoms with van der Waals surface area (Å²) in [6.45, 7) is 9.16. The molecule has 0 heterocycles. The first kappa shape index (κ1) is 27.8. The highest BCUT2D eigenvalue weighted by atomic mass is 16.4. The van der Waals surface area contributed by atoms with Gasteiger partial charge in [-0.1, -0.05) is 137 Å². The Kier molecular flexibility index (Phi) is 6.12. The third-order valence-electron chi connectivity index (χ3n) is 10.3. The zero-order valence-corrected chi connectivity index (χ0v) is 26.1. The predicted molar refractivity (Wildman–Crippen MR) is 188 cm³/mol. The molecule has 0 saturated heterocycles. The first-order chi connectivity index (χ1) is 21.6. The van der Waals surface area contributed by atoms with Gasteiger partial charge in [0.15, 0.2) is 0 Å². The van der Waals surface area contributed by atoms with E-state index in [1.54, 1.807) is 0 Å². The van der Waals surface area contributed by atoms with Gasteiger partial charge in [0, 0.05) is 10.8 Å². The van der Waals surface area contributed by atoms with Crippen LogP contribution in [0.2, 0.25) is 0 Å². The molecule has 3 heteroatoms. The number of hydrogen-bond acceptors (Lipinski definition) is 2. The van der Waals surface area contributed by atoms with E-state index in [4.69, 9.17) is 0 Å².